The highest BCUT2D eigenvalue weighted by atomic mass is 32.2. The zero-order chi connectivity index (χ0) is 19.5. The van der Waals surface area contributed by atoms with Gasteiger partial charge in [-0.25, -0.2) is 12.8 Å². The SMILES string of the molecule is CS(=O)(=O)c1cc(C(=O)NNC(=O)c2ccccc2F)cc([N+](=O)[O-])c1. The Bertz CT molecular complexity index is 1010. The van der Waals surface area contributed by atoms with Crippen LogP contribution in [0, 0.1) is 15.9 Å². The molecular weight excluding hydrogens is 369 g/mol. The number of non-ortho nitro benzene ring substituents is 1. The van der Waals surface area contributed by atoms with Gasteiger partial charge in [0.05, 0.1) is 15.4 Å². The van der Waals surface area contributed by atoms with Crippen molar-refractivity contribution in [3.8, 4) is 0 Å². The topological polar surface area (TPSA) is 135 Å². The first-order valence-electron chi connectivity index (χ1n) is 6.94. The molecule has 0 spiro atoms. The number of carbonyl (C=O) groups excluding carboxylic acids is 2. The molecule has 2 aromatic carbocycles. The molecule has 2 rings (SSSR count). The molecule has 136 valence electrons. The molecule has 0 heterocycles. The van der Waals surface area contributed by atoms with Gasteiger partial charge in [0.15, 0.2) is 9.84 Å². The zero-order valence-electron chi connectivity index (χ0n) is 13.2. The Balaban J connectivity index is 2.24. The van der Waals surface area contributed by atoms with Crippen LogP contribution in [0.25, 0.3) is 0 Å². The van der Waals surface area contributed by atoms with Crippen LogP contribution >= 0.6 is 0 Å². The highest BCUT2D eigenvalue weighted by Gasteiger charge is 2.20. The fraction of sp³-hybridized carbons (Fsp3) is 0.0667. The third-order valence-electron chi connectivity index (χ3n) is 3.20. The molecule has 26 heavy (non-hydrogen) atoms. The van der Waals surface area contributed by atoms with E-state index in [-0.39, 0.29) is 11.1 Å². The van der Waals surface area contributed by atoms with Gasteiger partial charge in [0.2, 0.25) is 0 Å². The molecule has 0 saturated heterocycles. The molecule has 0 aliphatic rings. The van der Waals surface area contributed by atoms with Gasteiger partial charge in [0.25, 0.3) is 17.5 Å². The predicted octanol–water partition coefficient (Wildman–Crippen LogP) is 1.21. The van der Waals surface area contributed by atoms with Crippen molar-refractivity contribution < 1.29 is 27.3 Å². The van der Waals surface area contributed by atoms with Crippen LogP contribution in [-0.4, -0.2) is 31.4 Å². The first kappa shape index (κ1) is 19.0. The number of amides is 2. The number of nitrogens with zero attached hydrogens (tertiary/aromatic N) is 1. The number of rotatable bonds is 4. The summed E-state index contributed by atoms with van der Waals surface area (Å²) in [6, 6.07) is 7.61. The van der Waals surface area contributed by atoms with Gasteiger partial charge in [0, 0.05) is 24.0 Å². The molecule has 0 aliphatic heterocycles. The Morgan fingerprint density at radius 3 is 2.27 bits per heavy atom. The van der Waals surface area contributed by atoms with E-state index in [1.807, 2.05) is 10.9 Å². The van der Waals surface area contributed by atoms with Crippen LogP contribution in [0.1, 0.15) is 20.7 Å². The number of nitro benzene ring substituents is 1. The molecule has 2 N–H and O–H groups in total. The molecule has 11 heteroatoms. The first-order chi connectivity index (χ1) is 12.1. The lowest BCUT2D eigenvalue weighted by Crippen LogP contribution is -2.42. The maximum atomic E-state index is 13.5. The predicted molar refractivity (Wildman–Crippen MR) is 87.5 cm³/mol. The lowest BCUT2D eigenvalue weighted by atomic mass is 10.2. The molecule has 0 unspecified atom stereocenters. The van der Waals surface area contributed by atoms with Crippen molar-refractivity contribution in [3.05, 3.63) is 69.5 Å². The van der Waals surface area contributed by atoms with Crippen molar-refractivity contribution in [2.45, 2.75) is 4.90 Å². The summed E-state index contributed by atoms with van der Waals surface area (Å²) in [4.78, 5) is 33.5. The van der Waals surface area contributed by atoms with Crippen LogP contribution in [0.3, 0.4) is 0 Å². The molecule has 0 fully saturated rings. The van der Waals surface area contributed by atoms with Crippen molar-refractivity contribution in [2.24, 2.45) is 0 Å². The van der Waals surface area contributed by atoms with E-state index >= 15 is 0 Å². The zero-order valence-corrected chi connectivity index (χ0v) is 14.0. The second-order valence-electron chi connectivity index (χ2n) is 5.13. The summed E-state index contributed by atoms with van der Waals surface area (Å²) in [6.07, 6.45) is 0.827. The van der Waals surface area contributed by atoms with Gasteiger partial charge in [-0.05, 0) is 18.2 Å². The van der Waals surface area contributed by atoms with E-state index in [1.54, 1.807) is 0 Å². The number of sulfone groups is 1. The number of hydrogen-bond donors (Lipinski definition) is 2. The lowest BCUT2D eigenvalue weighted by Gasteiger charge is -2.09. The van der Waals surface area contributed by atoms with Crippen molar-refractivity contribution in [1.82, 2.24) is 10.9 Å². The highest BCUT2D eigenvalue weighted by molar-refractivity contribution is 7.90. The smallest absolute Gasteiger partial charge is 0.267 e. The summed E-state index contributed by atoms with van der Waals surface area (Å²) in [6.45, 7) is 0. The van der Waals surface area contributed by atoms with Gasteiger partial charge >= 0.3 is 0 Å². The van der Waals surface area contributed by atoms with Crippen LogP contribution in [0.5, 0.6) is 0 Å². The van der Waals surface area contributed by atoms with E-state index in [9.17, 15) is 32.5 Å². The number of hydrogen-bond acceptors (Lipinski definition) is 6. The minimum Gasteiger partial charge on any atom is -0.267 e. The van der Waals surface area contributed by atoms with E-state index in [4.69, 9.17) is 0 Å². The number of benzene rings is 2. The van der Waals surface area contributed by atoms with E-state index in [0.717, 1.165) is 30.5 Å². The fourth-order valence-corrected chi connectivity index (χ4v) is 2.61. The maximum Gasteiger partial charge on any atom is 0.272 e. The average molecular weight is 381 g/mol. The quantitative estimate of drug-likeness (QED) is 0.604. The van der Waals surface area contributed by atoms with E-state index < -0.39 is 43.0 Å². The van der Waals surface area contributed by atoms with Gasteiger partial charge in [-0.3, -0.25) is 30.6 Å². The number of hydrazine groups is 1. The average Bonchev–Trinajstić information content (AvgIpc) is 2.58. The van der Waals surface area contributed by atoms with Gasteiger partial charge in [0.1, 0.15) is 5.82 Å². The van der Waals surface area contributed by atoms with Crippen LogP contribution in [-0.2, 0) is 9.84 Å². The molecule has 0 aliphatic carbocycles. The summed E-state index contributed by atoms with van der Waals surface area (Å²) >= 11 is 0. The molecule has 0 radical (unpaired) electrons. The molecule has 0 bridgehead atoms. The molecule has 0 aromatic heterocycles. The van der Waals surface area contributed by atoms with Crippen LogP contribution in [0.4, 0.5) is 10.1 Å². The Morgan fingerprint density at radius 1 is 1.08 bits per heavy atom. The minimum atomic E-state index is -3.82. The number of carbonyl (C=O) groups is 2. The first-order valence-corrected chi connectivity index (χ1v) is 8.83. The Hall–Kier alpha value is -3.34. The summed E-state index contributed by atoms with van der Waals surface area (Å²) in [5.74, 6) is -2.78. The second-order valence-corrected chi connectivity index (χ2v) is 7.15. The monoisotopic (exact) mass is 381 g/mol. The summed E-state index contributed by atoms with van der Waals surface area (Å²) < 4.78 is 36.7. The summed E-state index contributed by atoms with van der Waals surface area (Å²) in [5.41, 5.74) is 2.58. The van der Waals surface area contributed by atoms with Crippen LogP contribution in [0.2, 0.25) is 0 Å². The van der Waals surface area contributed by atoms with Crippen molar-refractivity contribution >= 4 is 27.3 Å². The largest absolute Gasteiger partial charge is 0.272 e. The number of nitro groups is 1. The second kappa shape index (κ2) is 7.27. The fourth-order valence-electron chi connectivity index (χ4n) is 1.93. The molecule has 2 aromatic rings. The maximum absolute atomic E-state index is 13.5. The van der Waals surface area contributed by atoms with Crippen molar-refractivity contribution in [3.63, 3.8) is 0 Å². The van der Waals surface area contributed by atoms with Gasteiger partial charge in [-0.1, -0.05) is 12.1 Å². The number of halogens is 1. The molecule has 2 amide bonds. The van der Waals surface area contributed by atoms with E-state index in [2.05, 4.69) is 0 Å². The minimum absolute atomic E-state index is 0.330. The van der Waals surface area contributed by atoms with Gasteiger partial charge in [-0.2, -0.15) is 0 Å². The van der Waals surface area contributed by atoms with E-state index in [0.29, 0.717) is 0 Å². The lowest BCUT2D eigenvalue weighted by molar-refractivity contribution is -0.385. The molecule has 0 saturated carbocycles. The van der Waals surface area contributed by atoms with E-state index in [1.165, 1.54) is 18.2 Å². The van der Waals surface area contributed by atoms with Gasteiger partial charge < -0.3 is 0 Å². The Kier molecular flexibility index (Phi) is 5.31. The number of nitrogens with one attached hydrogen (secondary N) is 2. The third-order valence-corrected chi connectivity index (χ3v) is 4.29. The van der Waals surface area contributed by atoms with Gasteiger partial charge in [-0.15, -0.1) is 0 Å². The molecule has 9 nitrogen and oxygen atoms in total. The molecular formula is C15H12FN3O6S. The standard InChI is InChI=1S/C15H12FN3O6S/c1-26(24,25)11-7-9(6-10(8-11)19(22)23)14(20)17-18-15(21)12-4-2-3-5-13(12)16/h2-8H,1H3,(H,17,20)(H,18,21). The normalized spacial score (nSPS) is 10.8. The third kappa shape index (κ3) is 4.39. The summed E-state index contributed by atoms with van der Waals surface area (Å²) in [5, 5.41) is 10.9. The Morgan fingerprint density at radius 2 is 1.69 bits per heavy atom. The summed E-state index contributed by atoms with van der Waals surface area (Å²) in [7, 11) is -3.82. The van der Waals surface area contributed by atoms with Crippen molar-refractivity contribution in [1.29, 1.82) is 0 Å². The van der Waals surface area contributed by atoms with Crippen LogP contribution < -0.4 is 10.9 Å². The Labute approximate surface area is 146 Å². The van der Waals surface area contributed by atoms with Crippen LogP contribution in [0.15, 0.2) is 47.4 Å². The highest BCUT2D eigenvalue weighted by Crippen LogP contribution is 2.20. The molecule has 0 atom stereocenters. The van der Waals surface area contributed by atoms with Crippen molar-refractivity contribution in [2.75, 3.05) is 6.26 Å².